The van der Waals surface area contributed by atoms with Gasteiger partial charge in [-0.2, -0.15) is 0 Å². The van der Waals surface area contributed by atoms with Gasteiger partial charge in [0.15, 0.2) is 5.78 Å². The first-order valence-electron chi connectivity index (χ1n) is 13.7. The fraction of sp³-hybridized carbons (Fsp3) is 0.767. The maximum absolute atomic E-state index is 12.7. The summed E-state index contributed by atoms with van der Waals surface area (Å²) in [5, 5.41) is 22.0. The fourth-order valence-electron chi connectivity index (χ4n) is 9.49. The van der Waals surface area contributed by atoms with Crippen LogP contribution in [0.5, 0.6) is 0 Å². The number of aliphatic hydroxyl groups excluding tert-OH is 2. The molecule has 3 heteroatoms. The van der Waals surface area contributed by atoms with Gasteiger partial charge in [0.2, 0.25) is 0 Å². The third-order valence-corrected chi connectivity index (χ3v) is 11.4. The minimum atomic E-state index is -0.244. The van der Waals surface area contributed by atoms with Crippen LogP contribution in [0.3, 0.4) is 0 Å². The Hall–Kier alpha value is -1.19. The Kier molecular flexibility index (Phi) is 6.27. The van der Waals surface area contributed by atoms with Crippen LogP contribution in [0, 0.1) is 46.3 Å². The number of carbonyl (C=O) groups excluding carboxylic acids is 1. The van der Waals surface area contributed by atoms with Crippen molar-refractivity contribution in [1.29, 1.82) is 0 Å². The maximum atomic E-state index is 12.7. The number of benzene rings is 1. The summed E-state index contributed by atoms with van der Waals surface area (Å²) in [6.45, 7) is 7.21. The summed E-state index contributed by atoms with van der Waals surface area (Å²) in [5.74, 6) is 3.75. The van der Waals surface area contributed by atoms with Crippen LogP contribution < -0.4 is 0 Å². The summed E-state index contributed by atoms with van der Waals surface area (Å²) in [6, 6.07) is 9.69. The number of fused-ring (bicyclic) bond motifs is 5. The van der Waals surface area contributed by atoms with Gasteiger partial charge in [-0.15, -0.1) is 0 Å². The fourth-order valence-corrected chi connectivity index (χ4v) is 9.49. The molecule has 3 nitrogen and oxygen atoms in total. The van der Waals surface area contributed by atoms with Gasteiger partial charge in [-0.25, -0.2) is 0 Å². The molecule has 10 atom stereocenters. The summed E-state index contributed by atoms with van der Waals surface area (Å²) >= 11 is 0. The Labute approximate surface area is 200 Å². The van der Waals surface area contributed by atoms with Crippen LogP contribution in [0.4, 0.5) is 0 Å². The van der Waals surface area contributed by atoms with E-state index in [-0.39, 0.29) is 28.8 Å². The van der Waals surface area contributed by atoms with Crippen molar-refractivity contribution < 1.29 is 15.0 Å². The minimum Gasteiger partial charge on any atom is -0.393 e. The van der Waals surface area contributed by atoms with Gasteiger partial charge in [-0.1, -0.05) is 51.1 Å². The lowest BCUT2D eigenvalue weighted by Crippen LogP contribution is -2.58. The number of hydrogen-bond donors (Lipinski definition) is 2. The number of rotatable bonds is 5. The third kappa shape index (κ3) is 3.82. The first-order valence-corrected chi connectivity index (χ1v) is 13.7. The van der Waals surface area contributed by atoms with E-state index in [9.17, 15) is 15.0 Å². The number of ketones is 1. The first kappa shape index (κ1) is 23.5. The molecule has 0 aromatic heterocycles. The predicted octanol–water partition coefficient (Wildman–Crippen LogP) is 6.28. The van der Waals surface area contributed by atoms with Gasteiger partial charge in [0.1, 0.15) is 0 Å². The molecule has 33 heavy (non-hydrogen) atoms. The molecule has 1 aromatic rings. The van der Waals surface area contributed by atoms with E-state index < -0.39 is 0 Å². The summed E-state index contributed by atoms with van der Waals surface area (Å²) in [4.78, 5) is 12.7. The molecule has 4 aliphatic rings. The predicted molar refractivity (Wildman–Crippen MR) is 132 cm³/mol. The second kappa shape index (κ2) is 8.79. The molecule has 0 radical (unpaired) electrons. The third-order valence-electron chi connectivity index (χ3n) is 11.4. The number of hydrogen-bond acceptors (Lipinski definition) is 3. The van der Waals surface area contributed by atoms with Crippen molar-refractivity contribution >= 4 is 5.78 Å². The topological polar surface area (TPSA) is 57.5 Å². The van der Waals surface area contributed by atoms with Gasteiger partial charge >= 0.3 is 0 Å². The zero-order chi connectivity index (χ0) is 23.4. The van der Waals surface area contributed by atoms with Crippen molar-refractivity contribution in [1.82, 2.24) is 0 Å². The van der Waals surface area contributed by atoms with Crippen molar-refractivity contribution in [2.75, 3.05) is 0 Å². The highest BCUT2D eigenvalue weighted by Gasteiger charge is 2.63. The van der Waals surface area contributed by atoms with Crippen molar-refractivity contribution in [3.63, 3.8) is 0 Å². The van der Waals surface area contributed by atoms with Gasteiger partial charge in [0.25, 0.3) is 0 Å². The highest BCUT2D eigenvalue weighted by molar-refractivity contribution is 5.95. The van der Waals surface area contributed by atoms with E-state index in [0.29, 0.717) is 36.0 Å². The largest absolute Gasteiger partial charge is 0.393 e. The highest BCUT2D eigenvalue weighted by atomic mass is 16.3. The molecule has 2 N–H and O–H groups in total. The first-order chi connectivity index (χ1) is 15.7. The van der Waals surface area contributed by atoms with Gasteiger partial charge in [0.05, 0.1) is 12.2 Å². The lowest BCUT2D eigenvalue weighted by Gasteiger charge is -2.62. The van der Waals surface area contributed by atoms with E-state index in [0.717, 1.165) is 43.6 Å². The van der Waals surface area contributed by atoms with Crippen LogP contribution in [0.15, 0.2) is 30.3 Å². The van der Waals surface area contributed by atoms with E-state index in [1.54, 1.807) is 0 Å². The quantitative estimate of drug-likeness (QED) is 0.517. The Morgan fingerprint density at radius 1 is 1.00 bits per heavy atom. The Morgan fingerprint density at radius 2 is 1.76 bits per heavy atom. The average Bonchev–Trinajstić information content (AvgIpc) is 3.18. The lowest BCUT2D eigenvalue weighted by atomic mass is 9.43. The number of carbonyl (C=O) groups is 1. The van der Waals surface area contributed by atoms with Crippen LogP contribution in [-0.2, 0) is 0 Å². The van der Waals surface area contributed by atoms with Crippen LogP contribution in [0.2, 0.25) is 0 Å². The SMILES string of the molecule is C[C@H](CCC(=O)c1ccccc1)[C@H]1CC[C@H]2[C@@H]3CCC4C[C@@H](O)CC[C@]4(C)[C@H]3C[C@@H](O)[C@]12C. The van der Waals surface area contributed by atoms with Crippen molar-refractivity contribution in [3.05, 3.63) is 35.9 Å². The summed E-state index contributed by atoms with van der Waals surface area (Å²) < 4.78 is 0. The van der Waals surface area contributed by atoms with E-state index in [1.807, 2.05) is 30.3 Å². The van der Waals surface area contributed by atoms with Crippen LogP contribution in [0.1, 0.15) is 95.3 Å². The molecule has 5 rings (SSSR count). The average molecular weight is 453 g/mol. The van der Waals surface area contributed by atoms with Gasteiger partial charge in [-0.05, 0) is 104 Å². The van der Waals surface area contributed by atoms with Crippen LogP contribution in [0.25, 0.3) is 0 Å². The molecule has 0 saturated heterocycles. The Balaban J connectivity index is 1.30. The number of aliphatic hydroxyl groups is 2. The molecule has 4 fully saturated rings. The van der Waals surface area contributed by atoms with Crippen molar-refractivity contribution in [2.24, 2.45) is 46.3 Å². The minimum absolute atomic E-state index is 0.0201. The lowest BCUT2D eigenvalue weighted by molar-refractivity contribution is -0.174. The normalized spacial score (nSPS) is 45.5. The summed E-state index contributed by atoms with van der Waals surface area (Å²) in [6.07, 6.45) is 10.1. The second-order valence-electron chi connectivity index (χ2n) is 12.7. The van der Waals surface area contributed by atoms with Crippen molar-refractivity contribution in [3.8, 4) is 0 Å². The molecule has 1 aromatic carbocycles. The van der Waals surface area contributed by atoms with E-state index >= 15 is 0 Å². The summed E-state index contributed by atoms with van der Waals surface area (Å²) in [5.41, 5.74) is 1.09. The molecule has 1 unspecified atom stereocenters. The Morgan fingerprint density at radius 3 is 2.52 bits per heavy atom. The van der Waals surface area contributed by atoms with Gasteiger partial charge in [0, 0.05) is 12.0 Å². The monoisotopic (exact) mass is 452 g/mol. The standard InChI is InChI=1S/C30H44O3/c1-19(9-14-27(32)20-7-5-4-6-8-20)24-12-13-25-23-11-10-21-17-22(31)15-16-29(21,2)26(23)18-28(33)30(24,25)3/h4-8,19,21-26,28,31,33H,9-18H2,1-3H3/t19-,21?,22+,23+,24-,25+,26+,28-,29+,30-/m1/s1. The second-order valence-corrected chi connectivity index (χ2v) is 12.7. The molecule has 4 saturated carbocycles. The van der Waals surface area contributed by atoms with E-state index in [1.165, 1.54) is 25.7 Å². The van der Waals surface area contributed by atoms with Gasteiger partial charge in [-0.3, -0.25) is 4.79 Å². The molecule has 0 bridgehead atoms. The maximum Gasteiger partial charge on any atom is 0.162 e. The molecule has 0 aliphatic heterocycles. The Bertz CT molecular complexity index is 851. The van der Waals surface area contributed by atoms with Crippen molar-refractivity contribution in [2.45, 2.75) is 97.2 Å². The van der Waals surface area contributed by atoms with E-state index in [2.05, 4.69) is 20.8 Å². The van der Waals surface area contributed by atoms with Crippen LogP contribution >= 0.6 is 0 Å². The highest BCUT2D eigenvalue weighted by Crippen LogP contribution is 2.68. The molecule has 182 valence electrons. The molecular weight excluding hydrogens is 408 g/mol. The molecule has 0 spiro atoms. The molecule has 4 aliphatic carbocycles. The van der Waals surface area contributed by atoms with Gasteiger partial charge < -0.3 is 10.2 Å². The molecule has 0 amide bonds. The number of Topliss-reactive ketones (excluding diaryl/α,β-unsaturated/α-hetero) is 1. The zero-order valence-electron chi connectivity index (χ0n) is 20.9. The smallest absolute Gasteiger partial charge is 0.162 e. The molecule has 0 heterocycles. The zero-order valence-corrected chi connectivity index (χ0v) is 20.9. The summed E-state index contributed by atoms with van der Waals surface area (Å²) in [7, 11) is 0. The van der Waals surface area contributed by atoms with E-state index in [4.69, 9.17) is 0 Å². The van der Waals surface area contributed by atoms with Crippen LogP contribution in [-0.4, -0.2) is 28.2 Å². The molecular formula is C30H44O3.